The topological polar surface area (TPSA) is 112 Å². The smallest absolute Gasteiger partial charge is 0.338 e. The summed E-state index contributed by atoms with van der Waals surface area (Å²) in [6.45, 7) is 1.97. The number of carbonyl (C=O) groups is 3. The van der Waals surface area contributed by atoms with E-state index in [1.54, 1.807) is 42.2 Å². The summed E-state index contributed by atoms with van der Waals surface area (Å²) >= 11 is 3.28. The molecular weight excluding hydrogens is 522 g/mol. The van der Waals surface area contributed by atoms with E-state index in [2.05, 4.69) is 15.9 Å². The van der Waals surface area contributed by atoms with E-state index in [4.69, 9.17) is 18.9 Å². The maximum atomic E-state index is 12.9. The Morgan fingerprint density at radius 3 is 2.00 bits per heavy atom. The number of methoxy groups -OCH3 is 3. The Hall–Kier alpha value is -3.79. The zero-order chi connectivity index (χ0) is 25.7. The van der Waals surface area contributed by atoms with Gasteiger partial charge in [0.2, 0.25) is 0 Å². The van der Waals surface area contributed by atoms with Crippen molar-refractivity contribution < 1.29 is 38.4 Å². The summed E-state index contributed by atoms with van der Waals surface area (Å²) in [6.07, 6.45) is 3.07. The number of esters is 3. The predicted molar refractivity (Wildman–Crippen MR) is 130 cm³/mol. The van der Waals surface area contributed by atoms with E-state index in [-0.39, 0.29) is 29.3 Å². The molecule has 0 aliphatic carbocycles. The molecular formula is C25H24BrNO8. The van der Waals surface area contributed by atoms with Crippen molar-refractivity contribution in [1.29, 1.82) is 0 Å². The van der Waals surface area contributed by atoms with Crippen LogP contribution in [0, 0.1) is 0 Å². The maximum absolute atomic E-state index is 12.9. The van der Waals surface area contributed by atoms with Crippen molar-refractivity contribution in [3.05, 3.63) is 75.5 Å². The minimum absolute atomic E-state index is 0.123. The van der Waals surface area contributed by atoms with Gasteiger partial charge >= 0.3 is 17.9 Å². The van der Waals surface area contributed by atoms with Crippen LogP contribution in [-0.4, -0.2) is 51.0 Å². The number of anilines is 1. The van der Waals surface area contributed by atoms with Gasteiger partial charge in [-0.3, -0.25) is 0 Å². The molecule has 1 N–H and O–H groups in total. The van der Waals surface area contributed by atoms with Gasteiger partial charge in [0.15, 0.2) is 11.5 Å². The number of ether oxygens (including phenoxy) is 4. The molecule has 3 rings (SSSR count). The van der Waals surface area contributed by atoms with E-state index in [1.165, 1.54) is 39.8 Å². The van der Waals surface area contributed by atoms with Crippen molar-refractivity contribution in [2.45, 2.75) is 12.8 Å². The Balaban J connectivity index is 2.15. The highest BCUT2D eigenvalue weighted by Crippen LogP contribution is 2.43. The highest BCUT2D eigenvalue weighted by Gasteiger charge is 2.36. The summed E-state index contributed by atoms with van der Waals surface area (Å²) in [4.78, 5) is 39.3. The summed E-state index contributed by atoms with van der Waals surface area (Å²) in [5.41, 5.74) is 1.70. The van der Waals surface area contributed by atoms with E-state index in [9.17, 15) is 19.5 Å². The van der Waals surface area contributed by atoms with Crippen molar-refractivity contribution in [1.82, 2.24) is 0 Å². The highest BCUT2D eigenvalue weighted by molar-refractivity contribution is 9.10. The molecule has 9 nitrogen and oxygen atoms in total. The summed E-state index contributed by atoms with van der Waals surface area (Å²) in [7, 11) is 3.87. The molecule has 0 saturated heterocycles. The van der Waals surface area contributed by atoms with E-state index in [0.29, 0.717) is 21.3 Å². The van der Waals surface area contributed by atoms with Gasteiger partial charge in [-0.05, 0) is 64.8 Å². The first kappa shape index (κ1) is 25.8. The quantitative estimate of drug-likeness (QED) is 0.406. The highest BCUT2D eigenvalue weighted by atomic mass is 79.9. The van der Waals surface area contributed by atoms with Crippen molar-refractivity contribution in [3.8, 4) is 11.5 Å². The van der Waals surface area contributed by atoms with Gasteiger partial charge in [0.25, 0.3) is 0 Å². The van der Waals surface area contributed by atoms with Gasteiger partial charge < -0.3 is 29.0 Å². The van der Waals surface area contributed by atoms with E-state index in [1.807, 2.05) is 0 Å². The number of halogens is 1. The lowest BCUT2D eigenvalue weighted by atomic mass is 9.83. The van der Waals surface area contributed by atoms with Crippen molar-refractivity contribution >= 4 is 39.5 Å². The number of benzene rings is 2. The van der Waals surface area contributed by atoms with Crippen molar-refractivity contribution in [2.75, 3.05) is 32.8 Å². The van der Waals surface area contributed by atoms with E-state index in [0.717, 1.165) is 0 Å². The molecule has 1 aliphatic rings. The monoisotopic (exact) mass is 545 g/mol. The molecule has 1 aliphatic heterocycles. The fourth-order valence-corrected chi connectivity index (χ4v) is 4.10. The Morgan fingerprint density at radius 2 is 1.51 bits per heavy atom. The summed E-state index contributed by atoms with van der Waals surface area (Å²) in [5.74, 6) is -2.64. The molecule has 1 heterocycles. The van der Waals surface area contributed by atoms with Crippen LogP contribution in [0.1, 0.15) is 28.8 Å². The standard InChI is InChI=1S/C25H24BrNO8/c1-5-35-23(29)14-6-8-16(9-7-14)27-12-17(24(30)33-3)21(18(13-27)25(31)34-4)15-10-19(26)22(28)20(11-15)32-2/h6-13,21,28H,5H2,1-4H3. The molecule has 10 heteroatoms. The van der Waals surface area contributed by atoms with Gasteiger partial charge in [0.05, 0.1) is 55.0 Å². The third kappa shape index (κ3) is 5.32. The molecule has 0 amide bonds. The Kier molecular flexibility index (Phi) is 8.18. The van der Waals surface area contributed by atoms with Crippen LogP contribution >= 0.6 is 15.9 Å². The number of rotatable bonds is 7. The zero-order valence-electron chi connectivity index (χ0n) is 19.5. The molecule has 35 heavy (non-hydrogen) atoms. The number of aromatic hydroxyl groups is 1. The molecule has 0 saturated carbocycles. The van der Waals surface area contributed by atoms with Crippen LogP contribution in [-0.2, 0) is 23.8 Å². The number of hydrogen-bond donors (Lipinski definition) is 1. The number of carbonyl (C=O) groups excluding carboxylic acids is 3. The predicted octanol–water partition coefficient (Wildman–Crippen LogP) is 4.06. The van der Waals surface area contributed by atoms with Crippen molar-refractivity contribution in [3.63, 3.8) is 0 Å². The second-order valence-corrected chi connectivity index (χ2v) is 8.17. The fraction of sp³-hybridized carbons (Fsp3) is 0.240. The normalized spacial score (nSPS) is 13.5. The minimum Gasteiger partial charge on any atom is -0.503 e. The van der Waals surface area contributed by atoms with Gasteiger partial charge in [-0.1, -0.05) is 0 Å². The van der Waals surface area contributed by atoms with Gasteiger partial charge in [-0.15, -0.1) is 0 Å². The number of phenols is 1. The first-order valence-electron chi connectivity index (χ1n) is 10.5. The number of nitrogens with zero attached hydrogens (tertiary/aromatic N) is 1. The average Bonchev–Trinajstić information content (AvgIpc) is 2.88. The molecule has 0 spiro atoms. The fourth-order valence-electron chi connectivity index (χ4n) is 3.64. The summed E-state index contributed by atoms with van der Waals surface area (Å²) in [5, 5.41) is 10.2. The molecule has 2 aromatic carbocycles. The minimum atomic E-state index is -0.879. The van der Waals surface area contributed by atoms with Crippen LogP contribution in [0.2, 0.25) is 0 Å². The average molecular weight is 546 g/mol. The Morgan fingerprint density at radius 1 is 0.943 bits per heavy atom. The number of phenolic OH excluding ortho intramolecular Hbond substituents is 1. The molecule has 0 fully saturated rings. The van der Waals surface area contributed by atoms with Crippen LogP contribution in [0.3, 0.4) is 0 Å². The first-order valence-corrected chi connectivity index (χ1v) is 11.3. The van der Waals surface area contributed by atoms with Gasteiger partial charge in [0.1, 0.15) is 0 Å². The van der Waals surface area contributed by atoms with Crippen LogP contribution in [0.15, 0.2) is 64.4 Å². The van der Waals surface area contributed by atoms with Crippen LogP contribution in [0.4, 0.5) is 5.69 Å². The third-order valence-electron chi connectivity index (χ3n) is 5.30. The molecule has 0 unspecified atom stereocenters. The van der Waals surface area contributed by atoms with Gasteiger partial charge in [-0.2, -0.15) is 0 Å². The number of hydrogen-bond acceptors (Lipinski definition) is 9. The lowest BCUT2D eigenvalue weighted by Crippen LogP contribution is -2.28. The Bertz CT molecular complexity index is 1170. The largest absolute Gasteiger partial charge is 0.503 e. The lowest BCUT2D eigenvalue weighted by molar-refractivity contribution is -0.137. The van der Waals surface area contributed by atoms with Crippen LogP contribution in [0.5, 0.6) is 11.5 Å². The summed E-state index contributed by atoms with van der Waals surface area (Å²) in [6, 6.07) is 9.59. The van der Waals surface area contributed by atoms with Crippen molar-refractivity contribution in [2.24, 2.45) is 0 Å². The lowest BCUT2D eigenvalue weighted by Gasteiger charge is -2.30. The molecule has 0 atom stereocenters. The molecule has 0 bridgehead atoms. The SMILES string of the molecule is CCOC(=O)c1ccc(N2C=C(C(=O)OC)C(c3cc(Br)c(O)c(OC)c3)C(C(=O)OC)=C2)cc1. The molecule has 0 aromatic heterocycles. The van der Waals surface area contributed by atoms with Gasteiger partial charge in [-0.25, -0.2) is 14.4 Å². The molecule has 184 valence electrons. The first-order chi connectivity index (χ1) is 16.7. The summed E-state index contributed by atoms with van der Waals surface area (Å²) < 4.78 is 20.6. The Labute approximate surface area is 210 Å². The van der Waals surface area contributed by atoms with Crippen LogP contribution < -0.4 is 9.64 Å². The molecule has 0 radical (unpaired) electrons. The van der Waals surface area contributed by atoms with Crippen LogP contribution in [0.25, 0.3) is 0 Å². The van der Waals surface area contributed by atoms with Gasteiger partial charge in [0, 0.05) is 18.1 Å². The second-order valence-electron chi connectivity index (χ2n) is 7.31. The third-order valence-corrected chi connectivity index (χ3v) is 5.91. The second kappa shape index (κ2) is 11.1. The van der Waals surface area contributed by atoms with E-state index >= 15 is 0 Å². The maximum Gasteiger partial charge on any atom is 0.338 e. The molecule has 2 aromatic rings. The zero-order valence-corrected chi connectivity index (χ0v) is 21.1. The van der Waals surface area contributed by atoms with E-state index < -0.39 is 23.8 Å².